The molecule has 0 aromatic heterocycles. The third-order valence-electron chi connectivity index (χ3n) is 2.63. The van der Waals surface area contributed by atoms with Gasteiger partial charge in [-0.2, -0.15) is 0 Å². The molecule has 2 amide bonds. The fourth-order valence-corrected chi connectivity index (χ4v) is 1.92. The number of halogens is 1. The first kappa shape index (κ1) is 15.8. The number of rotatable bonds is 5. The smallest absolute Gasteiger partial charge is 0.317 e. The topological polar surface area (TPSA) is 52.6 Å². The lowest BCUT2D eigenvalue weighted by atomic mass is 10.1. The number of amides is 2. The van der Waals surface area contributed by atoms with Crippen LogP contribution in [0.3, 0.4) is 0 Å². The van der Waals surface area contributed by atoms with Crippen LogP contribution in [-0.2, 0) is 6.54 Å². The number of nitrogens with zero attached hydrogens (tertiary/aromatic N) is 1. The van der Waals surface area contributed by atoms with Crippen molar-refractivity contribution in [3.8, 4) is 0 Å². The van der Waals surface area contributed by atoms with Crippen LogP contribution in [0.4, 0.5) is 4.79 Å². The van der Waals surface area contributed by atoms with Gasteiger partial charge >= 0.3 is 6.03 Å². The lowest BCUT2D eigenvalue weighted by Crippen LogP contribution is -2.46. The van der Waals surface area contributed by atoms with Crippen molar-refractivity contribution in [2.75, 3.05) is 13.1 Å². The first-order valence-corrected chi connectivity index (χ1v) is 6.70. The van der Waals surface area contributed by atoms with E-state index in [1.54, 1.807) is 24.8 Å². The molecule has 0 fully saturated rings. The molecule has 0 spiro atoms. The van der Waals surface area contributed by atoms with E-state index in [4.69, 9.17) is 11.6 Å². The van der Waals surface area contributed by atoms with E-state index < -0.39 is 5.60 Å². The molecule has 0 unspecified atom stereocenters. The number of hydrogen-bond acceptors (Lipinski definition) is 2. The molecular weight excluding hydrogens is 264 g/mol. The average Bonchev–Trinajstić information content (AvgIpc) is 2.33. The van der Waals surface area contributed by atoms with Gasteiger partial charge in [-0.3, -0.25) is 0 Å². The number of aliphatic hydroxyl groups is 1. The van der Waals surface area contributed by atoms with E-state index in [1.807, 2.05) is 25.1 Å². The summed E-state index contributed by atoms with van der Waals surface area (Å²) in [5.74, 6) is 0. The molecule has 2 N–H and O–H groups in total. The maximum Gasteiger partial charge on any atom is 0.317 e. The van der Waals surface area contributed by atoms with Crippen LogP contribution in [0.2, 0.25) is 5.02 Å². The fourth-order valence-electron chi connectivity index (χ4n) is 1.72. The van der Waals surface area contributed by atoms with Crippen LogP contribution in [0.15, 0.2) is 24.3 Å². The summed E-state index contributed by atoms with van der Waals surface area (Å²) in [6, 6.07) is 7.18. The normalized spacial score (nSPS) is 11.2. The predicted molar refractivity (Wildman–Crippen MR) is 77.2 cm³/mol. The van der Waals surface area contributed by atoms with Crippen LogP contribution in [0.5, 0.6) is 0 Å². The quantitative estimate of drug-likeness (QED) is 0.873. The van der Waals surface area contributed by atoms with Crippen molar-refractivity contribution < 1.29 is 9.90 Å². The molecule has 0 aliphatic rings. The molecule has 0 saturated heterocycles. The summed E-state index contributed by atoms with van der Waals surface area (Å²) in [6.07, 6.45) is 0. The Kier molecular flexibility index (Phi) is 5.63. The summed E-state index contributed by atoms with van der Waals surface area (Å²) in [6.45, 7) is 6.44. The largest absolute Gasteiger partial charge is 0.389 e. The molecule has 0 saturated carbocycles. The lowest BCUT2D eigenvalue weighted by Gasteiger charge is -2.28. The average molecular weight is 285 g/mol. The third kappa shape index (κ3) is 5.49. The Bertz CT molecular complexity index is 430. The molecule has 0 bridgehead atoms. The van der Waals surface area contributed by atoms with Gasteiger partial charge in [-0.25, -0.2) is 4.79 Å². The minimum absolute atomic E-state index is 0.204. The number of nitrogens with one attached hydrogen (secondary N) is 1. The van der Waals surface area contributed by atoms with Crippen LogP contribution >= 0.6 is 11.6 Å². The summed E-state index contributed by atoms with van der Waals surface area (Å²) < 4.78 is 0. The Labute approximate surface area is 119 Å². The Morgan fingerprint density at radius 1 is 1.42 bits per heavy atom. The van der Waals surface area contributed by atoms with Gasteiger partial charge in [0.25, 0.3) is 0 Å². The van der Waals surface area contributed by atoms with E-state index in [1.165, 1.54) is 0 Å². The van der Waals surface area contributed by atoms with Crippen LogP contribution in [0.25, 0.3) is 0 Å². The minimum Gasteiger partial charge on any atom is -0.389 e. The second-order valence-corrected chi connectivity index (χ2v) is 5.48. The standard InChI is InChI=1S/C14H21ClN2O2/c1-4-17(10-14(2,3)19)13(18)16-9-11-7-5-6-8-12(11)15/h5-8,19H,4,9-10H2,1-3H3,(H,16,18). The molecule has 1 rings (SSSR count). The van der Waals surface area contributed by atoms with Crippen molar-refractivity contribution in [1.82, 2.24) is 10.2 Å². The molecule has 4 nitrogen and oxygen atoms in total. The lowest BCUT2D eigenvalue weighted by molar-refractivity contribution is 0.0480. The predicted octanol–water partition coefficient (Wildman–Crippen LogP) is 2.64. The zero-order chi connectivity index (χ0) is 14.5. The first-order chi connectivity index (χ1) is 8.83. The van der Waals surface area contributed by atoms with Gasteiger partial charge in [0.2, 0.25) is 0 Å². The molecule has 0 heterocycles. The molecule has 19 heavy (non-hydrogen) atoms. The summed E-state index contributed by atoms with van der Waals surface area (Å²) in [5, 5.41) is 13.2. The van der Waals surface area contributed by atoms with Gasteiger partial charge in [0.15, 0.2) is 0 Å². The van der Waals surface area contributed by atoms with Crippen LogP contribution in [0, 0.1) is 0 Å². The van der Waals surface area contributed by atoms with Gasteiger partial charge in [-0.15, -0.1) is 0 Å². The maximum absolute atomic E-state index is 12.0. The van der Waals surface area contributed by atoms with Crippen LogP contribution < -0.4 is 5.32 Å². The monoisotopic (exact) mass is 284 g/mol. The molecule has 0 atom stereocenters. The number of carbonyl (C=O) groups excluding carboxylic acids is 1. The second-order valence-electron chi connectivity index (χ2n) is 5.08. The van der Waals surface area contributed by atoms with Gasteiger partial charge in [-0.05, 0) is 32.4 Å². The Balaban J connectivity index is 2.57. The van der Waals surface area contributed by atoms with E-state index in [2.05, 4.69) is 5.32 Å². The van der Waals surface area contributed by atoms with Gasteiger partial charge in [0, 0.05) is 18.1 Å². The van der Waals surface area contributed by atoms with Gasteiger partial charge < -0.3 is 15.3 Å². The van der Waals surface area contributed by atoms with Gasteiger partial charge in [-0.1, -0.05) is 29.8 Å². The van der Waals surface area contributed by atoms with Gasteiger partial charge in [0.05, 0.1) is 12.1 Å². The molecule has 0 radical (unpaired) electrons. The molecule has 106 valence electrons. The summed E-state index contributed by atoms with van der Waals surface area (Å²) in [5.41, 5.74) is -0.0330. The van der Waals surface area contributed by atoms with E-state index >= 15 is 0 Å². The van der Waals surface area contributed by atoms with Crippen LogP contribution in [-0.4, -0.2) is 34.7 Å². The number of urea groups is 1. The summed E-state index contributed by atoms with van der Waals surface area (Å²) >= 11 is 6.02. The first-order valence-electron chi connectivity index (χ1n) is 6.32. The molecule has 1 aromatic carbocycles. The highest BCUT2D eigenvalue weighted by Crippen LogP contribution is 2.14. The Morgan fingerprint density at radius 2 is 2.05 bits per heavy atom. The highest BCUT2D eigenvalue weighted by molar-refractivity contribution is 6.31. The van der Waals surface area contributed by atoms with E-state index in [0.29, 0.717) is 18.1 Å². The van der Waals surface area contributed by atoms with Gasteiger partial charge in [0.1, 0.15) is 0 Å². The molecule has 1 aromatic rings. The van der Waals surface area contributed by atoms with Crippen molar-refractivity contribution in [2.24, 2.45) is 0 Å². The van der Waals surface area contributed by atoms with Crippen molar-refractivity contribution in [3.05, 3.63) is 34.9 Å². The van der Waals surface area contributed by atoms with Crippen molar-refractivity contribution in [3.63, 3.8) is 0 Å². The molecular formula is C14H21ClN2O2. The molecule has 0 aliphatic carbocycles. The molecule has 0 aliphatic heterocycles. The second kappa shape index (κ2) is 6.78. The van der Waals surface area contributed by atoms with E-state index in [9.17, 15) is 9.90 Å². The Morgan fingerprint density at radius 3 is 2.58 bits per heavy atom. The maximum atomic E-state index is 12.0. The van der Waals surface area contributed by atoms with E-state index in [0.717, 1.165) is 5.56 Å². The minimum atomic E-state index is -0.905. The SMILES string of the molecule is CCN(CC(C)(C)O)C(=O)NCc1ccccc1Cl. The number of carbonyl (C=O) groups is 1. The number of benzene rings is 1. The molecule has 5 heteroatoms. The number of likely N-dealkylation sites (N-methyl/N-ethyl adjacent to an activating group) is 1. The number of hydrogen-bond donors (Lipinski definition) is 2. The Hall–Kier alpha value is -1.26. The zero-order valence-corrected chi connectivity index (χ0v) is 12.4. The summed E-state index contributed by atoms with van der Waals surface area (Å²) in [7, 11) is 0. The van der Waals surface area contributed by atoms with Crippen molar-refractivity contribution in [2.45, 2.75) is 32.9 Å². The third-order valence-corrected chi connectivity index (χ3v) is 3.00. The zero-order valence-electron chi connectivity index (χ0n) is 11.6. The highest BCUT2D eigenvalue weighted by atomic mass is 35.5. The van der Waals surface area contributed by atoms with Crippen molar-refractivity contribution in [1.29, 1.82) is 0 Å². The summed E-state index contributed by atoms with van der Waals surface area (Å²) in [4.78, 5) is 13.6. The fraction of sp³-hybridized carbons (Fsp3) is 0.500. The highest BCUT2D eigenvalue weighted by Gasteiger charge is 2.21. The van der Waals surface area contributed by atoms with E-state index in [-0.39, 0.29) is 12.6 Å². The van der Waals surface area contributed by atoms with Crippen molar-refractivity contribution >= 4 is 17.6 Å². The van der Waals surface area contributed by atoms with Crippen LogP contribution in [0.1, 0.15) is 26.3 Å².